The second kappa shape index (κ2) is 5.16. The fourth-order valence-corrected chi connectivity index (χ4v) is 2.10. The van der Waals surface area contributed by atoms with Crippen molar-refractivity contribution < 1.29 is 9.84 Å². The van der Waals surface area contributed by atoms with Gasteiger partial charge in [-0.05, 0) is 18.9 Å². The summed E-state index contributed by atoms with van der Waals surface area (Å²) >= 11 is 0. The van der Waals surface area contributed by atoms with Gasteiger partial charge in [0.15, 0.2) is 0 Å². The molecule has 4 nitrogen and oxygen atoms in total. The Kier molecular flexibility index (Phi) is 3.62. The van der Waals surface area contributed by atoms with Crippen molar-refractivity contribution >= 4 is 5.69 Å². The minimum absolute atomic E-state index is 0.154. The van der Waals surface area contributed by atoms with Gasteiger partial charge in [-0.1, -0.05) is 12.8 Å². The van der Waals surface area contributed by atoms with Gasteiger partial charge in [0.25, 0.3) is 0 Å². The van der Waals surface area contributed by atoms with Crippen molar-refractivity contribution in [3.63, 3.8) is 0 Å². The van der Waals surface area contributed by atoms with Crippen molar-refractivity contribution in [2.75, 3.05) is 12.4 Å². The van der Waals surface area contributed by atoms with Gasteiger partial charge in [-0.2, -0.15) is 0 Å². The van der Waals surface area contributed by atoms with E-state index in [4.69, 9.17) is 4.74 Å². The Labute approximate surface area is 95.7 Å². The largest absolute Gasteiger partial charge is 0.481 e. The molecule has 2 rings (SSSR count). The Morgan fingerprint density at radius 1 is 1.44 bits per heavy atom. The highest BCUT2D eigenvalue weighted by atomic mass is 16.5. The first kappa shape index (κ1) is 11.2. The SMILES string of the molecule is COc1cc(NC2CCCCC2O)ccn1. The number of aliphatic hydroxyl groups excluding tert-OH is 1. The number of nitrogens with one attached hydrogen (secondary N) is 1. The molecule has 0 spiro atoms. The van der Waals surface area contributed by atoms with Crippen LogP contribution in [0.25, 0.3) is 0 Å². The van der Waals surface area contributed by atoms with Crippen molar-refractivity contribution in [1.29, 1.82) is 0 Å². The van der Waals surface area contributed by atoms with Crippen molar-refractivity contribution in [2.45, 2.75) is 37.8 Å². The number of rotatable bonds is 3. The van der Waals surface area contributed by atoms with Crippen LogP contribution >= 0.6 is 0 Å². The minimum atomic E-state index is -0.243. The molecule has 1 aromatic rings. The smallest absolute Gasteiger partial charge is 0.214 e. The molecule has 1 aliphatic rings. The molecule has 1 aromatic heterocycles. The molecular formula is C12H18N2O2. The number of aliphatic hydroxyl groups is 1. The van der Waals surface area contributed by atoms with E-state index in [-0.39, 0.29) is 12.1 Å². The molecule has 0 saturated heterocycles. The molecule has 88 valence electrons. The monoisotopic (exact) mass is 222 g/mol. The Bertz CT molecular complexity index is 344. The molecule has 0 radical (unpaired) electrons. The van der Waals surface area contributed by atoms with Crippen LogP contribution in [0.5, 0.6) is 5.88 Å². The normalized spacial score (nSPS) is 25.1. The zero-order valence-corrected chi connectivity index (χ0v) is 9.52. The van der Waals surface area contributed by atoms with E-state index in [9.17, 15) is 5.11 Å². The van der Waals surface area contributed by atoms with E-state index in [2.05, 4.69) is 10.3 Å². The molecule has 2 atom stereocenters. The van der Waals surface area contributed by atoms with E-state index in [0.29, 0.717) is 5.88 Å². The van der Waals surface area contributed by atoms with Gasteiger partial charge in [0.1, 0.15) is 0 Å². The number of nitrogens with zero attached hydrogens (tertiary/aromatic N) is 1. The quantitative estimate of drug-likeness (QED) is 0.819. The zero-order chi connectivity index (χ0) is 11.4. The molecule has 1 aliphatic carbocycles. The number of pyridine rings is 1. The number of aromatic nitrogens is 1. The van der Waals surface area contributed by atoms with E-state index in [0.717, 1.165) is 24.9 Å². The molecule has 0 aromatic carbocycles. The van der Waals surface area contributed by atoms with E-state index < -0.39 is 0 Å². The Morgan fingerprint density at radius 2 is 2.25 bits per heavy atom. The summed E-state index contributed by atoms with van der Waals surface area (Å²) < 4.78 is 5.06. The van der Waals surface area contributed by atoms with E-state index in [1.54, 1.807) is 13.3 Å². The van der Waals surface area contributed by atoms with Crippen LogP contribution in [0.3, 0.4) is 0 Å². The molecule has 16 heavy (non-hydrogen) atoms. The zero-order valence-electron chi connectivity index (χ0n) is 9.52. The van der Waals surface area contributed by atoms with Crippen molar-refractivity contribution in [2.24, 2.45) is 0 Å². The van der Waals surface area contributed by atoms with E-state index >= 15 is 0 Å². The fourth-order valence-electron chi connectivity index (χ4n) is 2.10. The van der Waals surface area contributed by atoms with Crippen LogP contribution in [0.1, 0.15) is 25.7 Å². The first-order valence-corrected chi connectivity index (χ1v) is 5.74. The number of ether oxygens (including phenoxy) is 1. The first-order valence-electron chi connectivity index (χ1n) is 5.74. The average Bonchev–Trinajstić information content (AvgIpc) is 2.32. The summed E-state index contributed by atoms with van der Waals surface area (Å²) in [5, 5.41) is 13.2. The van der Waals surface area contributed by atoms with Crippen molar-refractivity contribution in [3.05, 3.63) is 18.3 Å². The van der Waals surface area contributed by atoms with Gasteiger partial charge in [0, 0.05) is 18.0 Å². The van der Waals surface area contributed by atoms with Crippen LogP contribution in [0.15, 0.2) is 18.3 Å². The number of methoxy groups -OCH3 is 1. The third-order valence-electron chi connectivity index (χ3n) is 3.03. The second-order valence-corrected chi connectivity index (χ2v) is 4.19. The lowest BCUT2D eigenvalue weighted by atomic mass is 9.92. The Balaban J connectivity index is 2.01. The summed E-state index contributed by atoms with van der Waals surface area (Å²) in [5.41, 5.74) is 0.956. The van der Waals surface area contributed by atoms with Gasteiger partial charge in [-0.3, -0.25) is 0 Å². The summed E-state index contributed by atoms with van der Waals surface area (Å²) in [5.74, 6) is 0.593. The topological polar surface area (TPSA) is 54.4 Å². The van der Waals surface area contributed by atoms with Gasteiger partial charge in [-0.15, -0.1) is 0 Å². The highest BCUT2D eigenvalue weighted by Gasteiger charge is 2.22. The first-order chi connectivity index (χ1) is 7.79. The second-order valence-electron chi connectivity index (χ2n) is 4.19. The van der Waals surface area contributed by atoms with Gasteiger partial charge in [0.2, 0.25) is 5.88 Å². The van der Waals surface area contributed by atoms with Crippen LogP contribution < -0.4 is 10.1 Å². The highest BCUT2D eigenvalue weighted by Crippen LogP contribution is 2.23. The maximum Gasteiger partial charge on any atom is 0.214 e. The van der Waals surface area contributed by atoms with Crippen LogP contribution in [-0.2, 0) is 0 Å². The van der Waals surface area contributed by atoms with Crippen LogP contribution in [0, 0.1) is 0 Å². The summed E-state index contributed by atoms with van der Waals surface area (Å²) in [7, 11) is 1.60. The Hall–Kier alpha value is -1.29. The summed E-state index contributed by atoms with van der Waals surface area (Å²) in [6.45, 7) is 0. The lowest BCUT2D eigenvalue weighted by molar-refractivity contribution is 0.116. The molecule has 0 aliphatic heterocycles. The lowest BCUT2D eigenvalue weighted by Crippen LogP contribution is -2.36. The molecule has 0 bridgehead atoms. The van der Waals surface area contributed by atoms with E-state index in [1.807, 2.05) is 12.1 Å². The highest BCUT2D eigenvalue weighted by molar-refractivity contribution is 5.46. The van der Waals surface area contributed by atoms with Crippen LogP contribution in [0.2, 0.25) is 0 Å². The molecular weight excluding hydrogens is 204 g/mol. The predicted octanol–water partition coefficient (Wildman–Crippen LogP) is 1.81. The third kappa shape index (κ3) is 2.64. The van der Waals surface area contributed by atoms with Gasteiger partial charge < -0.3 is 15.2 Å². The lowest BCUT2D eigenvalue weighted by Gasteiger charge is -2.29. The summed E-state index contributed by atoms with van der Waals surface area (Å²) in [4.78, 5) is 4.05. The van der Waals surface area contributed by atoms with E-state index in [1.165, 1.54) is 6.42 Å². The molecule has 1 heterocycles. The van der Waals surface area contributed by atoms with Gasteiger partial charge in [0.05, 0.1) is 19.3 Å². The standard InChI is InChI=1S/C12H18N2O2/c1-16-12-8-9(6-7-13-12)14-10-4-2-3-5-11(10)15/h6-8,10-11,15H,2-5H2,1H3,(H,13,14). The maximum absolute atomic E-state index is 9.85. The molecule has 1 saturated carbocycles. The molecule has 0 amide bonds. The molecule has 2 unspecified atom stereocenters. The predicted molar refractivity (Wildman–Crippen MR) is 62.7 cm³/mol. The summed E-state index contributed by atoms with van der Waals surface area (Å²) in [6, 6.07) is 3.89. The Morgan fingerprint density at radius 3 is 3.00 bits per heavy atom. The fraction of sp³-hybridized carbons (Fsp3) is 0.583. The molecule has 4 heteroatoms. The maximum atomic E-state index is 9.85. The minimum Gasteiger partial charge on any atom is -0.481 e. The van der Waals surface area contributed by atoms with Gasteiger partial charge >= 0.3 is 0 Å². The van der Waals surface area contributed by atoms with Crippen molar-refractivity contribution in [3.8, 4) is 5.88 Å². The van der Waals surface area contributed by atoms with Crippen LogP contribution in [-0.4, -0.2) is 29.3 Å². The third-order valence-corrected chi connectivity index (χ3v) is 3.03. The van der Waals surface area contributed by atoms with Gasteiger partial charge in [-0.25, -0.2) is 4.98 Å². The van der Waals surface area contributed by atoms with Crippen molar-refractivity contribution in [1.82, 2.24) is 4.98 Å². The number of anilines is 1. The molecule has 1 fully saturated rings. The van der Waals surface area contributed by atoms with Crippen LogP contribution in [0.4, 0.5) is 5.69 Å². The average molecular weight is 222 g/mol. The number of hydrogen-bond acceptors (Lipinski definition) is 4. The summed E-state index contributed by atoms with van der Waals surface area (Å²) in [6.07, 6.45) is 5.67. The molecule has 2 N–H and O–H groups in total. The number of hydrogen-bond donors (Lipinski definition) is 2.